The fraction of sp³-hybridized carbons (Fsp3) is 0.278. The van der Waals surface area contributed by atoms with Gasteiger partial charge in [0, 0.05) is 19.6 Å². The summed E-state index contributed by atoms with van der Waals surface area (Å²) in [7, 11) is 2.03. The monoisotopic (exact) mass is 338 g/mol. The van der Waals surface area contributed by atoms with E-state index >= 15 is 0 Å². The molecule has 1 aromatic carbocycles. The van der Waals surface area contributed by atoms with E-state index < -0.39 is 6.08 Å². The average Bonchev–Trinajstić information content (AvgIpc) is 3.16. The molecule has 25 heavy (non-hydrogen) atoms. The predicted octanol–water partition coefficient (Wildman–Crippen LogP) is 2.62. The van der Waals surface area contributed by atoms with Crippen LogP contribution in [0.5, 0.6) is 0 Å². The molecular weight excluding hydrogens is 319 g/mol. The van der Waals surface area contributed by atoms with Gasteiger partial charge in [0.05, 0.1) is 12.4 Å². The number of halogens is 1. The SMILES string of the molecule is C=C1CN(C)CC1n1cnc2c(NCc3ccccc3)nc(F)nc21. The Morgan fingerprint density at radius 2 is 2.08 bits per heavy atom. The van der Waals surface area contributed by atoms with E-state index in [9.17, 15) is 4.39 Å². The molecule has 3 heterocycles. The van der Waals surface area contributed by atoms with Crippen molar-refractivity contribution in [2.45, 2.75) is 12.6 Å². The summed E-state index contributed by atoms with van der Waals surface area (Å²) in [5, 5.41) is 3.17. The lowest BCUT2D eigenvalue weighted by atomic mass is 10.2. The third-order valence-corrected chi connectivity index (χ3v) is 4.46. The summed E-state index contributed by atoms with van der Waals surface area (Å²) in [4.78, 5) is 14.5. The summed E-state index contributed by atoms with van der Waals surface area (Å²) in [6, 6.07) is 9.93. The Kier molecular flexibility index (Phi) is 3.93. The molecule has 128 valence electrons. The molecule has 1 fully saturated rings. The molecule has 3 aromatic rings. The second kappa shape index (κ2) is 6.25. The van der Waals surface area contributed by atoms with Crippen molar-refractivity contribution in [2.24, 2.45) is 0 Å². The highest BCUT2D eigenvalue weighted by Gasteiger charge is 2.27. The van der Waals surface area contributed by atoms with Crippen LogP contribution in [-0.2, 0) is 6.54 Å². The first-order valence-electron chi connectivity index (χ1n) is 8.16. The minimum Gasteiger partial charge on any atom is -0.364 e. The maximum Gasteiger partial charge on any atom is 0.312 e. The van der Waals surface area contributed by atoms with Crippen molar-refractivity contribution in [3.63, 3.8) is 0 Å². The number of nitrogens with one attached hydrogen (secondary N) is 1. The number of fused-ring (bicyclic) bond motifs is 1. The molecule has 0 amide bonds. The second-order valence-electron chi connectivity index (χ2n) is 6.38. The van der Waals surface area contributed by atoms with Crippen molar-refractivity contribution in [2.75, 3.05) is 25.5 Å². The average molecular weight is 338 g/mol. The molecule has 1 atom stereocenters. The van der Waals surface area contributed by atoms with Gasteiger partial charge >= 0.3 is 6.08 Å². The van der Waals surface area contributed by atoms with Crippen molar-refractivity contribution in [3.8, 4) is 0 Å². The third-order valence-electron chi connectivity index (χ3n) is 4.46. The number of hydrogen-bond acceptors (Lipinski definition) is 5. The fourth-order valence-corrected chi connectivity index (χ4v) is 3.25. The Bertz CT molecular complexity index is 920. The van der Waals surface area contributed by atoms with Gasteiger partial charge in [0.15, 0.2) is 17.0 Å². The van der Waals surface area contributed by atoms with Gasteiger partial charge < -0.3 is 9.88 Å². The second-order valence-corrected chi connectivity index (χ2v) is 6.38. The number of hydrogen-bond donors (Lipinski definition) is 1. The molecule has 7 heteroatoms. The minimum atomic E-state index is -0.762. The quantitative estimate of drug-likeness (QED) is 0.585. The van der Waals surface area contributed by atoms with Crippen molar-refractivity contribution in [1.29, 1.82) is 0 Å². The van der Waals surface area contributed by atoms with Gasteiger partial charge in [-0.3, -0.25) is 4.90 Å². The highest BCUT2D eigenvalue weighted by atomic mass is 19.1. The lowest BCUT2D eigenvalue weighted by Crippen LogP contribution is -2.16. The predicted molar refractivity (Wildman–Crippen MR) is 94.7 cm³/mol. The summed E-state index contributed by atoms with van der Waals surface area (Å²) in [6.07, 6.45) is 0.934. The van der Waals surface area contributed by atoms with Gasteiger partial charge in [-0.05, 0) is 18.2 Å². The molecule has 1 aliphatic heterocycles. The van der Waals surface area contributed by atoms with Gasteiger partial charge in [-0.25, -0.2) is 4.98 Å². The number of benzene rings is 1. The first-order chi connectivity index (χ1) is 12.1. The van der Waals surface area contributed by atoms with Gasteiger partial charge in [-0.1, -0.05) is 36.9 Å². The number of likely N-dealkylation sites (N-methyl/N-ethyl adjacent to an activating group) is 1. The van der Waals surface area contributed by atoms with Crippen LogP contribution >= 0.6 is 0 Å². The summed E-state index contributed by atoms with van der Waals surface area (Å²) in [5.41, 5.74) is 3.21. The zero-order valence-corrected chi connectivity index (χ0v) is 14.0. The van der Waals surface area contributed by atoms with Crippen LogP contribution in [0.2, 0.25) is 0 Å². The van der Waals surface area contributed by atoms with E-state index in [0.717, 1.165) is 24.2 Å². The molecule has 1 unspecified atom stereocenters. The number of nitrogens with zero attached hydrogens (tertiary/aromatic N) is 5. The highest BCUT2D eigenvalue weighted by molar-refractivity contribution is 5.82. The Morgan fingerprint density at radius 3 is 2.80 bits per heavy atom. The van der Waals surface area contributed by atoms with Crippen molar-refractivity contribution >= 4 is 17.0 Å². The molecule has 1 aliphatic rings. The van der Waals surface area contributed by atoms with Crippen LogP contribution in [0.15, 0.2) is 48.8 Å². The summed E-state index contributed by atoms with van der Waals surface area (Å²) in [5.74, 6) is 0.405. The fourth-order valence-electron chi connectivity index (χ4n) is 3.25. The van der Waals surface area contributed by atoms with Crippen LogP contribution < -0.4 is 5.32 Å². The van der Waals surface area contributed by atoms with Crippen LogP contribution in [0.3, 0.4) is 0 Å². The van der Waals surface area contributed by atoms with E-state index in [1.54, 1.807) is 6.33 Å². The van der Waals surface area contributed by atoms with Crippen molar-refractivity contribution in [1.82, 2.24) is 24.4 Å². The van der Waals surface area contributed by atoms with Crippen molar-refractivity contribution in [3.05, 3.63) is 60.5 Å². The lowest BCUT2D eigenvalue weighted by molar-refractivity contribution is 0.394. The van der Waals surface area contributed by atoms with E-state index in [1.807, 2.05) is 41.9 Å². The molecule has 0 saturated carbocycles. The Hall–Kier alpha value is -2.80. The van der Waals surface area contributed by atoms with E-state index in [1.165, 1.54) is 0 Å². The molecule has 2 aromatic heterocycles. The number of aromatic nitrogens is 4. The van der Waals surface area contributed by atoms with Crippen LogP contribution in [0.4, 0.5) is 10.2 Å². The Balaban J connectivity index is 1.68. The maximum atomic E-state index is 14.0. The number of imidazole rings is 1. The molecular formula is C18H19FN6. The Morgan fingerprint density at radius 1 is 1.28 bits per heavy atom. The molecule has 1 saturated heterocycles. The van der Waals surface area contributed by atoms with Crippen LogP contribution in [0.25, 0.3) is 11.2 Å². The first-order valence-corrected chi connectivity index (χ1v) is 8.16. The summed E-state index contributed by atoms with van der Waals surface area (Å²) < 4.78 is 15.9. The normalized spacial score (nSPS) is 18.2. The first kappa shape index (κ1) is 15.7. The van der Waals surface area contributed by atoms with Crippen LogP contribution in [0.1, 0.15) is 11.6 Å². The lowest BCUT2D eigenvalue weighted by Gasteiger charge is -2.14. The molecule has 0 spiro atoms. The number of anilines is 1. The summed E-state index contributed by atoms with van der Waals surface area (Å²) in [6.45, 7) is 6.29. The highest BCUT2D eigenvalue weighted by Crippen LogP contribution is 2.29. The minimum absolute atomic E-state index is 0.0475. The third kappa shape index (κ3) is 2.98. The zero-order chi connectivity index (χ0) is 17.4. The van der Waals surface area contributed by atoms with Gasteiger partial charge in [-0.2, -0.15) is 14.4 Å². The molecule has 1 N–H and O–H groups in total. The number of likely N-dealkylation sites (tertiary alicyclic amines) is 1. The standard InChI is InChI=1S/C18H19FN6/c1-12-9-24(2)10-14(12)25-11-21-15-16(22-18(19)23-17(15)25)20-8-13-6-4-3-5-7-13/h3-7,11,14H,1,8-10H2,2H3,(H,20,22,23). The molecule has 4 rings (SSSR count). The number of rotatable bonds is 4. The van der Waals surface area contributed by atoms with Gasteiger partial charge in [0.25, 0.3) is 0 Å². The maximum absolute atomic E-state index is 14.0. The van der Waals surface area contributed by atoms with Crippen LogP contribution in [0, 0.1) is 6.08 Å². The van der Waals surface area contributed by atoms with Gasteiger partial charge in [-0.15, -0.1) is 0 Å². The smallest absolute Gasteiger partial charge is 0.312 e. The summed E-state index contributed by atoms with van der Waals surface area (Å²) >= 11 is 0. The Labute approximate surface area is 145 Å². The van der Waals surface area contributed by atoms with E-state index in [-0.39, 0.29) is 6.04 Å². The zero-order valence-electron chi connectivity index (χ0n) is 14.0. The van der Waals surface area contributed by atoms with E-state index in [0.29, 0.717) is 23.5 Å². The molecule has 6 nitrogen and oxygen atoms in total. The van der Waals surface area contributed by atoms with Gasteiger partial charge in [0.2, 0.25) is 0 Å². The van der Waals surface area contributed by atoms with Crippen LogP contribution in [-0.4, -0.2) is 44.6 Å². The van der Waals surface area contributed by atoms with Gasteiger partial charge in [0.1, 0.15) is 0 Å². The van der Waals surface area contributed by atoms with Crippen molar-refractivity contribution < 1.29 is 4.39 Å². The van der Waals surface area contributed by atoms with E-state index in [2.05, 4.69) is 31.7 Å². The van der Waals surface area contributed by atoms with E-state index in [4.69, 9.17) is 0 Å². The molecule has 0 aliphatic carbocycles. The largest absolute Gasteiger partial charge is 0.364 e. The molecule has 0 bridgehead atoms. The topological polar surface area (TPSA) is 58.9 Å². The molecule has 0 radical (unpaired) electrons.